The van der Waals surface area contributed by atoms with Crippen LogP contribution < -0.4 is 0 Å². The molecule has 4 heteroatoms. The monoisotopic (exact) mass is 310 g/mol. The SMILES string of the molecule is Cc1ccccc1COC1CCN(Cc2ccc(C#N)o2)CC1. The average Bonchev–Trinajstić information content (AvgIpc) is 3.03. The maximum Gasteiger partial charge on any atom is 0.203 e. The van der Waals surface area contributed by atoms with Crippen molar-refractivity contribution in [3.63, 3.8) is 0 Å². The quantitative estimate of drug-likeness (QED) is 0.846. The van der Waals surface area contributed by atoms with Gasteiger partial charge in [0.05, 0.1) is 19.3 Å². The number of ether oxygens (including phenoxy) is 1. The first-order valence-electron chi connectivity index (χ1n) is 8.12. The highest BCUT2D eigenvalue weighted by molar-refractivity contribution is 5.24. The molecule has 2 aromatic rings. The summed E-state index contributed by atoms with van der Waals surface area (Å²) in [6.07, 6.45) is 2.41. The van der Waals surface area contributed by atoms with Gasteiger partial charge in [-0.25, -0.2) is 0 Å². The summed E-state index contributed by atoms with van der Waals surface area (Å²) in [4.78, 5) is 2.35. The summed E-state index contributed by atoms with van der Waals surface area (Å²) in [5, 5.41) is 8.79. The van der Waals surface area contributed by atoms with Crippen LogP contribution in [0.15, 0.2) is 40.8 Å². The number of benzene rings is 1. The van der Waals surface area contributed by atoms with Gasteiger partial charge in [0.25, 0.3) is 0 Å². The lowest BCUT2D eigenvalue weighted by molar-refractivity contribution is -0.00517. The van der Waals surface area contributed by atoms with Crippen molar-refractivity contribution in [1.82, 2.24) is 4.90 Å². The van der Waals surface area contributed by atoms with Crippen LogP contribution in [0.2, 0.25) is 0 Å². The number of furan rings is 1. The Morgan fingerprint density at radius 3 is 2.70 bits per heavy atom. The molecule has 1 fully saturated rings. The second-order valence-corrected chi connectivity index (χ2v) is 6.09. The summed E-state index contributed by atoms with van der Waals surface area (Å²) >= 11 is 0. The van der Waals surface area contributed by atoms with E-state index < -0.39 is 0 Å². The van der Waals surface area contributed by atoms with Crippen LogP contribution in [0.25, 0.3) is 0 Å². The fourth-order valence-electron chi connectivity index (χ4n) is 2.96. The molecule has 2 heterocycles. The Morgan fingerprint density at radius 1 is 1.22 bits per heavy atom. The average molecular weight is 310 g/mol. The van der Waals surface area contributed by atoms with E-state index in [-0.39, 0.29) is 0 Å². The Kier molecular flexibility index (Phi) is 5.12. The summed E-state index contributed by atoms with van der Waals surface area (Å²) in [7, 11) is 0. The summed E-state index contributed by atoms with van der Waals surface area (Å²) in [6, 6.07) is 14.0. The first kappa shape index (κ1) is 15.8. The molecule has 120 valence electrons. The van der Waals surface area contributed by atoms with Crippen LogP contribution in [-0.2, 0) is 17.9 Å². The molecule has 0 atom stereocenters. The zero-order valence-electron chi connectivity index (χ0n) is 13.5. The van der Waals surface area contributed by atoms with Gasteiger partial charge in [-0.15, -0.1) is 0 Å². The summed E-state index contributed by atoms with van der Waals surface area (Å²) in [5.41, 5.74) is 2.56. The molecule has 3 rings (SSSR count). The van der Waals surface area contributed by atoms with E-state index in [1.165, 1.54) is 11.1 Å². The van der Waals surface area contributed by atoms with Crippen LogP contribution in [0.5, 0.6) is 0 Å². The third kappa shape index (κ3) is 4.22. The second-order valence-electron chi connectivity index (χ2n) is 6.09. The van der Waals surface area contributed by atoms with Crippen LogP contribution in [0, 0.1) is 18.3 Å². The maximum absolute atomic E-state index is 8.79. The Balaban J connectivity index is 1.43. The lowest BCUT2D eigenvalue weighted by Crippen LogP contribution is -2.36. The van der Waals surface area contributed by atoms with E-state index in [1.807, 2.05) is 12.1 Å². The predicted octanol–water partition coefficient (Wildman–Crippen LogP) is 3.64. The van der Waals surface area contributed by atoms with Crippen molar-refractivity contribution in [2.24, 2.45) is 0 Å². The minimum absolute atomic E-state index is 0.331. The Bertz CT molecular complexity index is 679. The van der Waals surface area contributed by atoms with Gasteiger partial charge in [0.15, 0.2) is 0 Å². The van der Waals surface area contributed by atoms with Crippen molar-refractivity contribution < 1.29 is 9.15 Å². The van der Waals surface area contributed by atoms with Gasteiger partial charge >= 0.3 is 0 Å². The highest BCUT2D eigenvalue weighted by Crippen LogP contribution is 2.19. The van der Waals surface area contributed by atoms with Crippen LogP contribution in [0.4, 0.5) is 0 Å². The number of nitriles is 1. The van der Waals surface area contributed by atoms with E-state index in [1.54, 1.807) is 6.07 Å². The van der Waals surface area contributed by atoms with Gasteiger partial charge in [-0.3, -0.25) is 4.90 Å². The highest BCUT2D eigenvalue weighted by atomic mass is 16.5. The second kappa shape index (κ2) is 7.45. The Morgan fingerprint density at radius 2 is 2.00 bits per heavy atom. The van der Waals surface area contributed by atoms with Crippen LogP contribution in [-0.4, -0.2) is 24.1 Å². The van der Waals surface area contributed by atoms with Crippen molar-refractivity contribution in [2.75, 3.05) is 13.1 Å². The molecule has 1 aliphatic heterocycles. The summed E-state index contributed by atoms with van der Waals surface area (Å²) < 4.78 is 11.5. The molecule has 0 radical (unpaired) electrons. The molecule has 1 aliphatic rings. The molecule has 1 aromatic carbocycles. The Labute approximate surface area is 137 Å². The van der Waals surface area contributed by atoms with Crippen molar-refractivity contribution >= 4 is 0 Å². The molecule has 0 N–H and O–H groups in total. The molecule has 0 aliphatic carbocycles. The fraction of sp³-hybridized carbons (Fsp3) is 0.421. The van der Waals surface area contributed by atoms with Crippen molar-refractivity contribution in [3.05, 3.63) is 59.0 Å². The van der Waals surface area contributed by atoms with Gasteiger partial charge < -0.3 is 9.15 Å². The van der Waals surface area contributed by atoms with Gasteiger partial charge in [-0.1, -0.05) is 24.3 Å². The van der Waals surface area contributed by atoms with E-state index in [0.29, 0.717) is 18.5 Å². The third-order valence-corrected chi connectivity index (χ3v) is 4.42. The lowest BCUT2D eigenvalue weighted by atomic mass is 10.1. The molecule has 0 saturated carbocycles. The van der Waals surface area contributed by atoms with E-state index in [2.05, 4.69) is 36.1 Å². The van der Waals surface area contributed by atoms with Gasteiger partial charge in [0.1, 0.15) is 11.8 Å². The number of likely N-dealkylation sites (tertiary alicyclic amines) is 1. The maximum atomic E-state index is 8.79. The molecule has 0 amide bonds. The molecular weight excluding hydrogens is 288 g/mol. The molecule has 4 nitrogen and oxygen atoms in total. The standard InChI is InChI=1S/C19H22N2O2/c1-15-4-2-3-5-16(15)14-22-17-8-10-21(11-9-17)13-19-7-6-18(12-20)23-19/h2-7,17H,8-11,13-14H2,1H3. The van der Waals surface area contributed by atoms with Crippen LogP contribution >= 0.6 is 0 Å². The zero-order chi connectivity index (χ0) is 16.1. The first-order valence-corrected chi connectivity index (χ1v) is 8.12. The van der Waals surface area contributed by atoms with Gasteiger partial charge in [0, 0.05) is 13.1 Å². The lowest BCUT2D eigenvalue weighted by Gasteiger charge is -2.31. The fourth-order valence-corrected chi connectivity index (χ4v) is 2.96. The van der Waals surface area contributed by atoms with Crippen molar-refractivity contribution in [1.29, 1.82) is 5.26 Å². The minimum atomic E-state index is 0.331. The van der Waals surface area contributed by atoms with Crippen LogP contribution in [0.1, 0.15) is 35.5 Å². The van der Waals surface area contributed by atoms with Crippen molar-refractivity contribution in [2.45, 2.75) is 39.0 Å². The number of hydrogen-bond acceptors (Lipinski definition) is 4. The zero-order valence-corrected chi connectivity index (χ0v) is 13.5. The van der Waals surface area contributed by atoms with E-state index in [0.717, 1.165) is 38.2 Å². The largest absolute Gasteiger partial charge is 0.449 e. The first-order chi connectivity index (χ1) is 11.2. The van der Waals surface area contributed by atoms with Gasteiger partial charge in [-0.05, 0) is 43.0 Å². The smallest absolute Gasteiger partial charge is 0.203 e. The van der Waals surface area contributed by atoms with Gasteiger partial charge in [0.2, 0.25) is 5.76 Å². The van der Waals surface area contributed by atoms with E-state index >= 15 is 0 Å². The predicted molar refractivity (Wildman–Crippen MR) is 87.7 cm³/mol. The Hall–Kier alpha value is -2.09. The third-order valence-electron chi connectivity index (χ3n) is 4.42. The topological polar surface area (TPSA) is 49.4 Å². The number of hydrogen-bond donors (Lipinski definition) is 0. The normalized spacial score (nSPS) is 16.3. The van der Waals surface area contributed by atoms with E-state index in [4.69, 9.17) is 14.4 Å². The van der Waals surface area contributed by atoms with Gasteiger partial charge in [-0.2, -0.15) is 5.26 Å². The molecule has 1 saturated heterocycles. The molecular formula is C19H22N2O2. The minimum Gasteiger partial charge on any atom is -0.449 e. The molecule has 0 bridgehead atoms. The number of piperidine rings is 1. The van der Waals surface area contributed by atoms with Crippen LogP contribution in [0.3, 0.4) is 0 Å². The van der Waals surface area contributed by atoms with Crippen molar-refractivity contribution in [3.8, 4) is 6.07 Å². The summed E-state index contributed by atoms with van der Waals surface area (Å²) in [6.45, 7) is 5.59. The number of aryl methyl sites for hydroxylation is 1. The molecule has 23 heavy (non-hydrogen) atoms. The highest BCUT2D eigenvalue weighted by Gasteiger charge is 2.20. The number of rotatable bonds is 5. The molecule has 0 unspecified atom stereocenters. The molecule has 0 spiro atoms. The summed E-state index contributed by atoms with van der Waals surface area (Å²) in [5.74, 6) is 1.25. The van der Waals surface area contributed by atoms with E-state index in [9.17, 15) is 0 Å². The molecule has 1 aromatic heterocycles. The number of nitrogens with zero attached hydrogens (tertiary/aromatic N) is 2.